The summed E-state index contributed by atoms with van der Waals surface area (Å²) >= 11 is 0. The van der Waals surface area contributed by atoms with Crippen molar-refractivity contribution in [1.29, 1.82) is 0 Å². The summed E-state index contributed by atoms with van der Waals surface area (Å²) in [7, 11) is 1.50. The van der Waals surface area contributed by atoms with Gasteiger partial charge in [-0.05, 0) is 30.7 Å². The highest BCUT2D eigenvalue weighted by molar-refractivity contribution is 5.94. The Morgan fingerprint density at radius 2 is 2.17 bits per heavy atom. The molecule has 0 amide bonds. The zero-order valence-electron chi connectivity index (χ0n) is 10.2. The topological polar surface area (TPSA) is 68.9 Å². The van der Waals surface area contributed by atoms with Crippen LogP contribution < -0.4 is 4.74 Å². The Hall–Kier alpha value is -2.01. The number of rotatable bonds is 4. The largest absolute Gasteiger partial charge is 0.493 e. The minimum atomic E-state index is -0.513. The molecule has 1 N–H and O–H groups in total. The number of benzene rings is 1. The second kappa shape index (κ2) is 5.10. The van der Waals surface area contributed by atoms with Crippen LogP contribution in [0.15, 0.2) is 22.6 Å². The Labute approximate surface area is 104 Å². The number of esters is 1. The summed E-state index contributed by atoms with van der Waals surface area (Å²) in [4.78, 5) is 11.6. The molecule has 2 rings (SSSR count). The molecule has 1 aromatic heterocycles. The molecule has 0 saturated carbocycles. The van der Waals surface area contributed by atoms with Gasteiger partial charge in [-0.3, -0.25) is 0 Å². The summed E-state index contributed by atoms with van der Waals surface area (Å²) in [5.41, 5.74) is 1.16. The van der Waals surface area contributed by atoms with E-state index >= 15 is 0 Å². The van der Waals surface area contributed by atoms with E-state index in [2.05, 4.69) is 0 Å². The molecule has 5 nitrogen and oxygen atoms in total. The Kier molecular flexibility index (Phi) is 3.53. The van der Waals surface area contributed by atoms with Gasteiger partial charge in [0.05, 0.1) is 20.3 Å². The second-order valence-electron chi connectivity index (χ2n) is 3.71. The van der Waals surface area contributed by atoms with Gasteiger partial charge in [-0.15, -0.1) is 0 Å². The third kappa shape index (κ3) is 2.17. The van der Waals surface area contributed by atoms with Crippen molar-refractivity contribution in [1.82, 2.24) is 0 Å². The number of methoxy groups -OCH3 is 1. The molecule has 0 unspecified atom stereocenters. The SMILES string of the molecule is CCOC(=O)c1cc2cc(CO)cc(OC)c2o1. The van der Waals surface area contributed by atoms with Crippen LogP contribution in [0.4, 0.5) is 0 Å². The molecule has 2 aromatic rings. The van der Waals surface area contributed by atoms with Crippen LogP contribution in [-0.4, -0.2) is 24.8 Å². The first-order valence-electron chi connectivity index (χ1n) is 5.58. The molecule has 1 heterocycles. The molecule has 0 bridgehead atoms. The molecule has 0 aliphatic carbocycles. The molecule has 0 aliphatic rings. The number of carbonyl (C=O) groups is 1. The highest BCUT2D eigenvalue weighted by atomic mass is 16.5. The maximum absolute atomic E-state index is 11.6. The molecule has 5 heteroatoms. The summed E-state index contributed by atoms with van der Waals surface area (Å²) in [6, 6.07) is 4.99. The molecule has 0 atom stereocenters. The van der Waals surface area contributed by atoms with Crippen LogP contribution in [0.3, 0.4) is 0 Å². The molecule has 0 aliphatic heterocycles. The van der Waals surface area contributed by atoms with Gasteiger partial charge < -0.3 is 19.0 Å². The van der Waals surface area contributed by atoms with Gasteiger partial charge in [0.25, 0.3) is 0 Å². The lowest BCUT2D eigenvalue weighted by molar-refractivity contribution is 0.0492. The number of carbonyl (C=O) groups excluding carboxylic acids is 1. The van der Waals surface area contributed by atoms with E-state index in [4.69, 9.17) is 19.0 Å². The Bertz CT molecular complexity index is 570. The molecular formula is C13H14O5. The van der Waals surface area contributed by atoms with E-state index in [0.717, 1.165) is 0 Å². The van der Waals surface area contributed by atoms with E-state index in [1.54, 1.807) is 25.1 Å². The van der Waals surface area contributed by atoms with E-state index in [-0.39, 0.29) is 19.0 Å². The van der Waals surface area contributed by atoms with Gasteiger partial charge in [-0.2, -0.15) is 0 Å². The first-order valence-corrected chi connectivity index (χ1v) is 5.58. The standard InChI is InChI=1S/C13H14O5/c1-3-17-13(15)11-6-9-4-8(7-14)5-10(16-2)12(9)18-11/h4-6,14H,3,7H2,1-2H3. The number of hydrogen-bond donors (Lipinski definition) is 1. The van der Waals surface area contributed by atoms with Crippen molar-refractivity contribution in [2.75, 3.05) is 13.7 Å². The fourth-order valence-electron chi connectivity index (χ4n) is 1.73. The first kappa shape index (κ1) is 12.4. The van der Waals surface area contributed by atoms with Crippen LogP contribution in [0.1, 0.15) is 23.0 Å². The van der Waals surface area contributed by atoms with Gasteiger partial charge in [-0.1, -0.05) is 0 Å². The molecule has 18 heavy (non-hydrogen) atoms. The molecular weight excluding hydrogens is 236 g/mol. The molecule has 1 aromatic carbocycles. The van der Waals surface area contributed by atoms with E-state index in [9.17, 15) is 4.79 Å². The van der Waals surface area contributed by atoms with Crippen molar-refractivity contribution in [3.05, 3.63) is 29.5 Å². The minimum absolute atomic E-state index is 0.105. The molecule has 0 spiro atoms. The smallest absolute Gasteiger partial charge is 0.374 e. The van der Waals surface area contributed by atoms with Gasteiger partial charge in [0.1, 0.15) is 0 Å². The molecule has 0 radical (unpaired) electrons. The van der Waals surface area contributed by atoms with Gasteiger partial charge in [0.2, 0.25) is 5.76 Å². The van der Waals surface area contributed by atoms with Crippen LogP contribution in [0, 0.1) is 0 Å². The minimum Gasteiger partial charge on any atom is -0.493 e. The lowest BCUT2D eigenvalue weighted by atomic mass is 10.1. The van der Waals surface area contributed by atoms with Crippen molar-refractivity contribution in [2.24, 2.45) is 0 Å². The second-order valence-corrected chi connectivity index (χ2v) is 3.71. The van der Waals surface area contributed by atoms with Gasteiger partial charge >= 0.3 is 5.97 Å². The Morgan fingerprint density at radius 3 is 2.78 bits per heavy atom. The van der Waals surface area contributed by atoms with Crippen molar-refractivity contribution >= 4 is 16.9 Å². The van der Waals surface area contributed by atoms with Crippen molar-refractivity contribution in [2.45, 2.75) is 13.5 Å². The highest BCUT2D eigenvalue weighted by Crippen LogP contribution is 2.30. The number of aliphatic hydroxyl groups is 1. The fourth-order valence-corrected chi connectivity index (χ4v) is 1.73. The van der Waals surface area contributed by atoms with Crippen molar-refractivity contribution in [3.8, 4) is 5.75 Å². The molecule has 0 saturated heterocycles. The van der Waals surface area contributed by atoms with Crippen molar-refractivity contribution < 1.29 is 23.8 Å². The maximum atomic E-state index is 11.6. The summed E-state index contributed by atoms with van der Waals surface area (Å²) in [5.74, 6) is 0.0913. The molecule has 96 valence electrons. The lowest BCUT2D eigenvalue weighted by Crippen LogP contribution is -2.02. The number of ether oxygens (including phenoxy) is 2. The fraction of sp³-hybridized carbons (Fsp3) is 0.308. The van der Waals surface area contributed by atoms with Crippen LogP contribution in [-0.2, 0) is 11.3 Å². The number of hydrogen-bond acceptors (Lipinski definition) is 5. The highest BCUT2D eigenvalue weighted by Gasteiger charge is 2.16. The summed E-state index contributed by atoms with van der Waals surface area (Å²) in [6.07, 6.45) is 0. The van der Waals surface area contributed by atoms with E-state index in [0.29, 0.717) is 22.3 Å². The predicted molar refractivity (Wildman–Crippen MR) is 64.6 cm³/mol. The Balaban J connectivity index is 2.52. The van der Waals surface area contributed by atoms with Crippen LogP contribution in [0.2, 0.25) is 0 Å². The normalized spacial score (nSPS) is 10.6. The number of aliphatic hydroxyl groups excluding tert-OH is 1. The van der Waals surface area contributed by atoms with Gasteiger partial charge in [0, 0.05) is 5.39 Å². The third-order valence-corrected chi connectivity index (χ3v) is 2.52. The van der Waals surface area contributed by atoms with Crippen LogP contribution >= 0.6 is 0 Å². The van der Waals surface area contributed by atoms with Crippen molar-refractivity contribution in [3.63, 3.8) is 0 Å². The average Bonchev–Trinajstić information content (AvgIpc) is 2.81. The monoisotopic (exact) mass is 250 g/mol. The maximum Gasteiger partial charge on any atom is 0.374 e. The quantitative estimate of drug-likeness (QED) is 0.841. The number of furan rings is 1. The first-order chi connectivity index (χ1) is 8.69. The van der Waals surface area contributed by atoms with E-state index in [1.807, 2.05) is 0 Å². The predicted octanol–water partition coefficient (Wildman–Crippen LogP) is 2.11. The van der Waals surface area contributed by atoms with Crippen LogP contribution in [0.25, 0.3) is 11.0 Å². The van der Waals surface area contributed by atoms with E-state index < -0.39 is 5.97 Å². The zero-order valence-corrected chi connectivity index (χ0v) is 10.2. The summed E-state index contributed by atoms with van der Waals surface area (Å²) in [5, 5.41) is 9.84. The van der Waals surface area contributed by atoms with Gasteiger partial charge in [0.15, 0.2) is 11.3 Å². The lowest BCUT2D eigenvalue weighted by Gasteiger charge is -2.03. The number of fused-ring (bicyclic) bond motifs is 1. The third-order valence-electron chi connectivity index (χ3n) is 2.52. The van der Waals surface area contributed by atoms with Gasteiger partial charge in [-0.25, -0.2) is 4.79 Å². The van der Waals surface area contributed by atoms with E-state index in [1.165, 1.54) is 7.11 Å². The zero-order chi connectivity index (χ0) is 13.1. The van der Waals surface area contributed by atoms with Crippen LogP contribution in [0.5, 0.6) is 5.75 Å². The average molecular weight is 250 g/mol. The summed E-state index contributed by atoms with van der Waals surface area (Å²) < 4.78 is 15.5. The molecule has 0 fully saturated rings. The summed E-state index contributed by atoms with van der Waals surface area (Å²) in [6.45, 7) is 1.91. The Morgan fingerprint density at radius 1 is 1.39 bits per heavy atom.